The maximum absolute atomic E-state index is 14.5. The van der Waals surface area contributed by atoms with Crippen LogP contribution in [0.2, 0.25) is 0 Å². The summed E-state index contributed by atoms with van der Waals surface area (Å²) in [5.41, 5.74) is 6.18. The zero-order valence-electron chi connectivity index (χ0n) is 26.9. The minimum Gasteiger partial charge on any atom is -0.421 e. The van der Waals surface area contributed by atoms with E-state index in [9.17, 15) is 14.4 Å². The van der Waals surface area contributed by atoms with Gasteiger partial charge in [0.05, 0.1) is 53.4 Å². The lowest BCUT2D eigenvalue weighted by molar-refractivity contribution is 0.00352. The highest BCUT2D eigenvalue weighted by atomic mass is 19.1. The Morgan fingerprint density at radius 3 is 2.67 bits per heavy atom. The van der Waals surface area contributed by atoms with E-state index in [2.05, 4.69) is 20.8 Å². The SMILES string of the molecule is Cc1nnc(-c2c(CCC3CCOCC3)nc3c(c2-c2ccc4c(ccn4[C@H](C)c4ccc(C#N)c(F)c4)c2)C(=O)N2CCOC[C@H]32)o1. The van der Waals surface area contributed by atoms with E-state index >= 15 is 0 Å². The molecule has 0 N–H and O–H groups in total. The maximum atomic E-state index is 14.5. The van der Waals surface area contributed by atoms with Gasteiger partial charge in [-0.3, -0.25) is 9.78 Å². The summed E-state index contributed by atoms with van der Waals surface area (Å²) in [6, 6.07) is 14.4. The largest absolute Gasteiger partial charge is 0.421 e. The number of aromatic nitrogens is 4. The highest BCUT2D eigenvalue weighted by molar-refractivity contribution is 6.08. The minimum atomic E-state index is -0.532. The number of morpholine rings is 1. The molecular weight excluding hydrogens is 611 g/mol. The number of ether oxygens (including phenoxy) is 2. The van der Waals surface area contributed by atoms with Crippen LogP contribution in [0.5, 0.6) is 0 Å². The second-order valence-corrected chi connectivity index (χ2v) is 12.9. The van der Waals surface area contributed by atoms with E-state index in [0.29, 0.717) is 55.0 Å². The van der Waals surface area contributed by atoms with Crippen LogP contribution in [0.4, 0.5) is 4.39 Å². The summed E-state index contributed by atoms with van der Waals surface area (Å²) in [5, 5.41) is 18.8. The summed E-state index contributed by atoms with van der Waals surface area (Å²) in [5.74, 6) is 0.708. The predicted molar refractivity (Wildman–Crippen MR) is 175 cm³/mol. The highest BCUT2D eigenvalue weighted by Crippen LogP contribution is 2.46. The van der Waals surface area contributed by atoms with Gasteiger partial charge in [-0.15, -0.1) is 10.2 Å². The van der Waals surface area contributed by atoms with E-state index in [1.165, 1.54) is 12.1 Å². The zero-order valence-corrected chi connectivity index (χ0v) is 26.9. The molecule has 2 saturated heterocycles. The Labute approximate surface area is 277 Å². The zero-order chi connectivity index (χ0) is 32.9. The molecule has 8 rings (SSSR count). The standard InChI is InChI=1S/C37H35FN6O4/c1-21(24-4-5-27(19-39)28(38)18-24)43-12-9-25-17-26(6-8-30(25)43)32-33(36-42-41-22(2)48-36)29(7-3-23-10-14-46-15-11-23)40-35-31-20-47-16-13-44(31)37(45)34(32)35/h4-6,8-9,12,17-18,21,23,31H,3,7,10-11,13-16,20H2,1-2H3/t21-,31-/m1/s1. The first-order valence-corrected chi connectivity index (χ1v) is 16.6. The first-order valence-electron chi connectivity index (χ1n) is 16.6. The predicted octanol–water partition coefficient (Wildman–Crippen LogP) is 6.57. The number of nitriles is 1. The number of pyridine rings is 1. The Bertz CT molecular complexity index is 2090. The van der Waals surface area contributed by atoms with Crippen molar-refractivity contribution in [2.24, 2.45) is 5.92 Å². The third-order valence-corrected chi connectivity index (χ3v) is 10.1. The van der Waals surface area contributed by atoms with Crippen molar-refractivity contribution in [2.45, 2.75) is 51.6 Å². The van der Waals surface area contributed by atoms with Crippen molar-refractivity contribution in [1.29, 1.82) is 5.26 Å². The molecule has 0 spiro atoms. The highest BCUT2D eigenvalue weighted by Gasteiger charge is 2.44. The summed E-state index contributed by atoms with van der Waals surface area (Å²) < 4.78 is 34.2. The fraction of sp³-hybridized carbons (Fsp3) is 0.378. The van der Waals surface area contributed by atoms with Crippen molar-refractivity contribution in [2.75, 3.05) is 33.0 Å². The van der Waals surface area contributed by atoms with Crippen LogP contribution in [0.1, 0.15) is 77.0 Å². The lowest BCUT2D eigenvalue weighted by atomic mass is 9.88. The number of hydrogen-bond acceptors (Lipinski definition) is 8. The number of aryl methyl sites for hydroxylation is 2. The molecule has 244 valence electrons. The van der Waals surface area contributed by atoms with Crippen LogP contribution in [-0.2, 0) is 15.9 Å². The molecule has 3 aromatic heterocycles. The van der Waals surface area contributed by atoms with Gasteiger partial charge in [-0.1, -0.05) is 12.1 Å². The number of rotatable bonds is 7. The van der Waals surface area contributed by atoms with Crippen molar-refractivity contribution >= 4 is 16.8 Å². The number of nitrogens with zero attached hydrogens (tertiary/aromatic N) is 6. The van der Waals surface area contributed by atoms with Gasteiger partial charge in [-0.25, -0.2) is 4.39 Å². The van der Waals surface area contributed by atoms with Crippen LogP contribution in [0.3, 0.4) is 0 Å². The Morgan fingerprint density at radius 1 is 1.04 bits per heavy atom. The van der Waals surface area contributed by atoms with Gasteiger partial charge in [-0.05, 0) is 80.0 Å². The third-order valence-electron chi connectivity index (χ3n) is 10.1. The monoisotopic (exact) mass is 646 g/mol. The molecule has 2 aromatic carbocycles. The van der Waals surface area contributed by atoms with E-state index in [1.807, 2.05) is 42.3 Å². The molecule has 3 aliphatic heterocycles. The van der Waals surface area contributed by atoms with Crippen LogP contribution < -0.4 is 0 Å². The fourth-order valence-electron chi connectivity index (χ4n) is 7.50. The number of benzene rings is 2. The van der Waals surface area contributed by atoms with Crippen LogP contribution >= 0.6 is 0 Å². The van der Waals surface area contributed by atoms with Crippen LogP contribution in [0, 0.1) is 30.0 Å². The van der Waals surface area contributed by atoms with Gasteiger partial charge in [0.25, 0.3) is 5.91 Å². The third kappa shape index (κ3) is 5.16. The van der Waals surface area contributed by atoms with Gasteiger partial charge in [0.2, 0.25) is 11.8 Å². The molecule has 1 amide bonds. The van der Waals surface area contributed by atoms with E-state index in [-0.39, 0.29) is 23.6 Å². The van der Waals surface area contributed by atoms with E-state index in [0.717, 1.165) is 71.5 Å². The van der Waals surface area contributed by atoms with E-state index in [1.54, 1.807) is 13.0 Å². The van der Waals surface area contributed by atoms with Gasteiger partial charge in [0.1, 0.15) is 11.9 Å². The Morgan fingerprint density at radius 2 is 1.90 bits per heavy atom. The molecule has 2 atom stereocenters. The molecular formula is C37H35FN6O4. The van der Waals surface area contributed by atoms with Crippen molar-refractivity contribution in [3.63, 3.8) is 0 Å². The summed E-state index contributed by atoms with van der Waals surface area (Å²) in [4.78, 5) is 21.3. The Hall–Kier alpha value is -4.92. The molecule has 2 fully saturated rings. The summed E-state index contributed by atoms with van der Waals surface area (Å²) >= 11 is 0. The number of amides is 1. The van der Waals surface area contributed by atoms with Crippen LogP contribution in [0.15, 0.2) is 53.1 Å². The molecule has 0 bridgehead atoms. The second kappa shape index (κ2) is 12.3. The second-order valence-electron chi connectivity index (χ2n) is 12.9. The Balaban J connectivity index is 1.28. The fourth-order valence-corrected chi connectivity index (χ4v) is 7.50. The van der Waals surface area contributed by atoms with Gasteiger partial charge in [-0.2, -0.15) is 5.26 Å². The lowest BCUT2D eigenvalue weighted by Gasteiger charge is -2.29. The molecule has 10 nitrogen and oxygen atoms in total. The van der Waals surface area contributed by atoms with Gasteiger partial charge in [0.15, 0.2) is 0 Å². The molecule has 0 aliphatic carbocycles. The van der Waals surface area contributed by atoms with Crippen molar-refractivity contribution in [1.82, 2.24) is 24.6 Å². The van der Waals surface area contributed by atoms with Gasteiger partial charge < -0.3 is 23.4 Å². The number of halogens is 1. The number of hydrogen-bond donors (Lipinski definition) is 0. The summed E-state index contributed by atoms with van der Waals surface area (Å²) in [7, 11) is 0. The normalized spacial score (nSPS) is 18.6. The first kappa shape index (κ1) is 30.4. The minimum absolute atomic E-state index is 0.0227. The molecule has 48 heavy (non-hydrogen) atoms. The first-order chi connectivity index (χ1) is 23.4. The number of carbonyl (C=O) groups excluding carboxylic acids is 1. The van der Waals surface area contributed by atoms with E-state index < -0.39 is 5.82 Å². The molecule has 6 heterocycles. The van der Waals surface area contributed by atoms with Crippen molar-refractivity contribution in [3.8, 4) is 28.7 Å². The average molecular weight is 647 g/mol. The molecule has 11 heteroatoms. The Kier molecular flexibility index (Phi) is 7.77. The number of carbonyl (C=O) groups is 1. The topological polar surface area (TPSA) is 119 Å². The lowest BCUT2D eigenvalue weighted by Crippen LogP contribution is -2.38. The van der Waals surface area contributed by atoms with E-state index in [4.69, 9.17) is 18.9 Å². The maximum Gasteiger partial charge on any atom is 0.257 e. The van der Waals surface area contributed by atoms with Crippen molar-refractivity contribution < 1.29 is 23.1 Å². The molecule has 5 aromatic rings. The van der Waals surface area contributed by atoms with Crippen LogP contribution in [0.25, 0.3) is 33.5 Å². The molecule has 0 unspecified atom stereocenters. The quantitative estimate of drug-likeness (QED) is 0.195. The number of fused-ring (bicyclic) bond motifs is 4. The molecule has 0 radical (unpaired) electrons. The van der Waals surface area contributed by atoms with Gasteiger partial charge in [0, 0.05) is 49.3 Å². The average Bonchev–Trinajstić information content (AvgIpc) is 3.82. The molecule has 0 saturated carbocycles. The molecule has 3 aliphatic rings. The summed E-state index contributed by atoms with van der Waals surface area (Å²) in [6.07, 6.45) is 5.63. The van der Waals surface area contributed by atoms with Gasteiger partial charge >= 0.3 is 0 Å². The summed E-state index contributed by atoms with van der Waals surface area (Å²) in [6.45, 7) is 6.69. The van der Waals surface area contributed by atoms with Crippen LogP contribution in [-0.4, -0.2) is 63.5 Å². The smallest absolute Gasteiger partial charge is 0.257 e. The van der Waals surface area contributed by atoms with Crippen molar-refractivity contribution in [3.05, 3.63) is 88.4 Å².